The summed E-state index contributed by atoms with van der Waals surface area (Å²) < 4.78 is 57.8. The van der Waals surface area contributed by atoms with Gasteiger partial charge in [0.1, 0.15) is 24.0 Å². The summed E-state index contributed by atoms with van der Waals surface area (Å²) in [7, 11) is -3.90. The third-order valence-electron chi connectivity index (χ3n) is 3.88. The summed E-state index contributed by atoms with van der Waals surface area (Å²) in [5.41, 5.74) is 0.881. The van der Waals surface area contributed by atoms with E-state index in [0.29, 0.717) is 11.8 Å². The Morgan fingerprint density at radius 3 is 2.52 bits per heavy atom. The fourth-order valence-corrected chi connectivity index (χ4v) is 3.00. The van der Waals surface area contributed by atoms with Crippen molar-refractivity contribution < 1.29 is 26.7 Å². The number of halogens is 2. The van der Waals surface area contributed by atoms with Crippen molar-refractivity contribution in [2.45, 2.75) is 6.61 Å². The van der Waals surface area contributed by atoms with E-state index in [4.69, 9.17) is 4.74 Å². The summed E-state index contributed by atoms with van der Waals surface area (Å²) in [6.07, 6.45) is 4.08. The van der Waals surface area contributed by atoms with Gasteiger partial charge in [-0.1, -0.05) is 18.2 Å². The highest BCUT2D eigenvalue weighted by Crippen LogP contribution is 2.24. The van der Waals surface area contributed by atoms with Gasteiger partial charge in [0, 0.05) is 23.5 Å². The zero-order valence-electron chi connectivity index (χ0n) is 15.2. The molecule has 3 aromatic rings. The van der Waals surface area contributed by atoms with Crippen LogP contribution in [0.1, 0.15) is 15.9 Å². The molecule has 2 aromatic carbocycles. The third kappa shape index (κ3) is 5.35. The molecule has 0 aliphatic heterocycles. The first-order valence-corrected chi connectivity index (χ1v) is 10.3. The van der Waals surface area contributed by atoms with Gasteiger partial charge in [-0.15, -0.1) is 0 Å². The summed E-state index contributed by atoms with van der Waals surface area (Å²) in [6.45, 7) is -0.285. The van der Waals surface area contributed by atoms with Crippen LogP contribution in [0.25, 0.3) is 11.1 Å². The van der Waals surface area contributed by atoms with Crippen LogP contribution in [0, 0.1) is 11.6 Å². The van der Waals surface area contributed by atoms with E-state index in [0.717, 1.165) is 23.4 Å². The van der Waals surface area contributed by atoms with Crippen LogP contribution in [-0.4, -0.2) is 25.6 Å². The molecule has 6 nitrogen and oxygen atoms in total. The molecule has 0 spiro atoms. The van der Waals surface area contributed by atoms with E-state index in [1.807, 2.05) is 12.1 Å². The van der Waals surface area contributed by atoms with Crippen molar-refractivity contribution in [2.75, 3.05) is 6.26 Å². The smallest absolute Gasteiger partial charge is 0.267 e. The van der Waals surface area contributed by atoms with Crippen molar-refractivity contribution in [1.29, 1.82) is 0 Å². The predicted octanol–water partition coefficient (Wildman–Crippen LogP) is 3.30. The van der Waals surface area contributed by atoms with Gasteiger partial charge in [-0.2, -0.15) is 0 Å². The molecule has 0 fully saturated rings. The number of benzene rings is 2. The normalized spacial score (nSPS) is 11.1. The lowest BCUT2D eigenvalue weighted by atomic mass is 10.1. The van der Waals surface area contributed by atoms with Crippen molar-refractivity contribution in [3.63, 3.8) is 0 Å². The summed E-state index contributed by atoms with van der Waals surface area (Å²) in [5, 5.41) is 0. The molecule has 0 saturated carbocycles. The fourth-order valence-electron chi connectivity index (χ4n) is 2.56. The number of amides is 1. The Morgan fingerprint density at radius 1 is 1.07 bits per heavy atom. The first-order valence-electron chi connectivity index (χ1n) is 8.36. The number of aromatic nitrogens is 1. The van der Waals surface area contributed by atoms with Crippen molar-refractivity contribution in [3.8, 4) is 16.9 Å². The maximum atomic E-state index is 14.3. The second-order valence-electron chi connectivity index (χ2n) is 6.19. The minimum Gasteiger partial charge on any atom is -0.489 e. The Balaban J connectivity index is 1.76. The molecule has 1 N–H and O–H groups in total. The van der Waals surface area contributed by atoms with Crippen LogP contribution in [0.5, 0.6) is 5.75 Å². The van der Waals surface area contributed by atoms with Crippen molar-refractivity contribution in [3.05, 3.63) is 83.7 Å². The van der Waals surface area contributed by atoms with E-state index in [-0.39, 0.29) is 12.2 Å². The third-order valence-corrected chi connectivity index (χ3v) is 4.44. The highest BCUT2D eigenvalue weighted by Gasteiger charge is 2.19. The molecule has 0 aliphatic rings. The lowest BCUT2D eigenvalue weighted by Gasteiger charge is -2.11. The lowest BCUT2D eigenvalue weighted by molar-refractivity contribution is 0.0977. The second-order valence-corrected chi connectivity index (χ2v) is 7.93. The molecule has 29 heavy (non-hydrogen) atoms. The summed E-state index contributed by atoms with van der Waals surface area (Å²) in [4.78, 5) is 15.8. The molecule has 0 atom stereocenters. The number of ether oxygens (including phenoxy) is 1. The predicted molar refractivity (Wildman–Crippen MR) is 103 cm³/mol. The van der Waals surface area contributed by atoms with E-state index in [9.17, 15) is 22.0 Å². The first-order chi connectivity index (χ1) is 13.7. The number of pyridine rings is 1. The zero-order valence-corrected chi connectivity index (χ0v) is 16.0. The van der Waals surface area contributed by atoms with Gasteiger partial charge in [-0.3, -0.25) is 9.78 Å². The van der Waals surface area contributed by atoms with Crippen LogP contribution in [0.2, 0.25) is 0 Å². The minimum absolute atomic E-state index is 0.120. The molecule has 3 rings (SSSR count). The molecule has 9 heteroatoms. The summed E-state index contributed by atoms with van der Waals surface area (Å²) in [6, 6.07) is 12.1. The number of hydrogen-bond acceptors (Lipinski definition) is 5. The standard InChI is InChI=1S/C20H16F2N2O4S/c1-29(26,27)24-20(25)17-10-18(21)15(9-19(17)22)12-28-16-6-2-4-13(8-16)14-5-3-7-23-11-14/h2-11H,12H2,1H3,(H,24,25). The fraction of sp³-hybridized carbons (Fsp3) is 0.100. The molecule has 1 amide bonds. The van der Waals surface area contributed by atoms with Gasteiger partial charge in [0.2, 0.25) is 10.0 Å². The molecular weight excluding hydrogens is 402 g/mol. The Labute approximate surface area is 166 Å². The van der Waals surface area contributed by atoms with Gasteiger partial charge in [-0.05, 0) is 35.9 Å². The number of nitrogens with zero attached hydrogens (tertiary/aromatic N) is 1. The molecule has 0 bridgehead atoms. The molecule has 1 heterocycles. The van der Waals surface area contributed by atoms with E-state index in [1.54, 1.807) is 41.4 Å². The average molecular weight is 418 g/mol. The largest absolute Gasteiger partial charge is 0.489 e. The van der Waals surface area contributed by atoms with Gasteiger partial charge < -0.3 is 4.74 Å². The molecule has 1 aromatic heterocycles. The van der Waals surface area contributed by atoms with Crippen LogP contribution < -0.4 is 9.46 Å². The van der Waals surface area contributed by atoms with Gasteiger partial charge in [0.25, 0.3) is 5.91 Å². The molecular formula is C20H16F2N2O4S. The number of sulfonamides is 1. The summed E-state index contributed by atoms with van der Waals surface area (Å²) >= 11 is 0. The van der Waals surface area contributed by atoms with Gasteiger partial charge >= 0.3 is 0 Å². The Bertz CT molecular complexity index is 1150. The van der Waals surface area contributed by atoms with Gasteiger partial charge in [-0.25, -0.2) is 21.9 Å². The van der Waals surface area contributed by atoms with Crippen molar-refractivity contribution in [1.82, 2.24) is 9.71 Å². The first kappa shape index (κ1) is 20.4. The van der Waals surface area contributed by atoms with Crippen molar-refractivity contribution in [2.24, 2.45) is 0 Å². The average Bonchev–Trinajstić information content (AvgIpc) is 2.68. The minimum atomic E-state index is -3.90. The topological polar surface area (TPSA) is 85.4 Å². The highest BCUT2D eigenvalue weighted by atomic mass is 32.2. The molecule has 0 saturated heterocycles. The second kappa shape index (κ2) is 8.36. The maximum absolute atomic E-state index is 14.3. The van der Waals surface area contributed by atoms with Crippen LogP contribution >= 0.6 is 0 Å². The van der Waals surface area contributed by atoms with Gasteiger partial charge in [0.05, 0.1) is 11.8 Å². The Kier molecular flexibility index (Phi) is 5.88. The summed E-state index contributed by atoms with van der Waals surface area (Å²) in [5.74, 6) is -2.77. The molecule has 0 radical (unpaired) electrons. The van der Waals surface area contributed by atoms with E-state index < -0.39 is 33.1 Å². The Morgan fingerprint density at radius 2 is 1.83 bits per heavy atom. The SMILES string of the molecule is CS(=O)(=O)NC(=O)c1cc(F)c(COc2cccc(-c3cccnc3)c2)cc1F. The van der Waals surface area contributed by atoms with Crippen LogP contribution in [0.15, 0.2) is 60.9 Å². The molecule has 150 valence electrons. The van der Waals surface area contributed by atoms with Crippen LogP contribution in [0.4, 0.5) is 8.78 Å². The molecule has 0 aliphatic carbocycles. The number of nitrogens with one attached hydrogen (secondary N) is 1. The highest BCUT2D eigenvalue weighted by molar-refractivity contribution is 7.89. The van der Waals surface area contributed by atoms with Gasteiger partial charge in [0.15, 0.2) is 0 Å². The monoisotopic (exact) mass is 418 g/mol. The van der Waals surface area contributed by atoms with E-state index >= 15 is 0 Å². The van der Waals surface area contributed by atoms with Crippen LogP contribution in [0.3, 0.4) is 0 Å². The molecule has 0 unspecified atom stereocenters. The number of carbonyl (C=O) groups excluding carboxylic acids is 1. The number of rotatable bonds is 6. The number of hydrogen-bond donors (Lipinski definition) is 1. The van der Waals surface area contributed by atoms with Crippen LogP contribution in [-0.2, 0) is 16.6 Å². The number of carbonyl (C=O) groups is 1. The van der Waals surface area contributed by atoms with Crippen molar-refractivity contribution >= 4 is 15.9 Å². The zero-order chi connectivity index (χ0) is 21.0. The lowest BCUT2D eigenvalue weighted by Crippen LogP contribution is -2.30. The van der Waals surface area contributed by atoms with E-state index in [1.165, 1.54) is 0 Å². The quantitative estimate of drug-likeness (QED) is 0.664. The van der Waals surface area contributed by atoms with E-state index in [2.05, 4.69) is 4.98 Å². The Hall–Kier alpha value is -3.33. The maximum Gasteiger partial charge on any atom is 0.267 e.